The van der Waals surface area contributed by atoms with Gasteiger partial charge in [-0.15, -0.1) is 0 Å². The Morgan fingerprint density at radius 3 is 2.49 bits per heavy atom. The summed E-state index contributed by atoms with van der Waals surface area (Å²) in [6.45, 7) is 7.43. The monoisotopic (exact) mass is 567 g/mol. The highest BCUT2D eigenvalue weighted by atomic mass is 35.5. The molecule has 1 atom stereocenters. The highest BCUT2D eigenvalue weighted by Crippen LogP contribution is 2.36. The topological polar surface area (TPSA) is 53.5 Å². The quantitative estimate of drug-likeness (QED) is 0.222. The van der Waals surface area contributed by atoms with E-state index in [4.69, 9.17) is 21.3 Å². The average Bonchev–Trinajstić information content (AvgIpc) is 2.98. The zero-order chi connectivity index (χ0) is 28.0. The molecule has 1 aromatic heterocycles. The van der Waals surface area contributed by atoms with E-state index < -0.39 is 0 Å². The molecule has 212 valence electrons. The van der Waals surface area contributed by atoms with Gasteiger partial charge in [-0.2, -0.15) is 0 Å². The van der Waals surface area contributed by atoms with E-state index in [-0.39, 0.29) is 6.04 Å². The summed E-state index contributed by atoms with van der Waals surface area (Å²) in [7, 11) is 0. The van der Waals surface area contributed by atoms with Gasteiger partial charge in [-0.05, 0) is 87.5 Å². The maximum atomic E-state index is 6.13. The number of rotatable bonds is 9. The van der Waals surface area contributed by atoms with E-state index in [2.05, 4.69) is 56.5 Å². The fourth-order valence-electron chi connectivity index (χ4n) is 6.01. The Morgan fingerprint density at radius 1 is 0.902 bits per heavy atom. The third-order valence-corrected chi connectivity index (χ3v) is 8.48. The molecule has 6 rings (SSSR count). The maximum absolute atomic E-state index is 6.13. The number of piperidine rings is 1. The van der Waals surface area contributed by atoms with Gasteiger partial charge in [0, 0.05) is 48.2 Å². The summed E-state index contributed by atoms with van der Waals surface area (Å²) in [6.07, 6.45) is 6.76. The van der Waals surface area contributed by atoms with E-state index in [9.17, 15) is 0 Å². The first kappa shape index (κ1) is 27.6. The van der Waals surface area contributed by atoms with Crippen molar-refractivity contribution in [3.8, 4) is 11.5 Å². The average molecular weight is 568 g/mol. The SMILES string of the molecule is Cc1ncc2c(n1)N(CCC1CCN(Cc3ccccc3)CC1)CCC2Nc1cccc(Oc2cccc(Cl)c2)c1. The minimum atomic E-state index is 0.143. The summed E-state index contributed by atoms with van der Waals surface area (Å²) < 4.78 is 6.06. The molecule has 1 saturated heterocycles. The van der Waals surface area contributed by atoms with Crippen molar-refractivity contribution >= 4 is 23.1 Å². The number of halogens is 1. The number of benzene rings is 3. The molecule has 3 heterocycles. The molecule has 2 aliphatic rings. The van der Waals surface area contributed by atoms with Crippen molar-refractivity contribution in [3.63, 3.8) is 0 Å². The van der Waals surface area contributed by atoms with E-state index in [1.54, 1.807) is 0 Å². The van der Waals surface area contributed by atoms with Crippen molar-refractivity contribution in [2.45, 2.75) is 45.2 Å². The summed E-state index contributed by atoms with van der Waals surface area (Å²) >= 11 is 6.13. The van der Waals surface area contributed by atoms with Crippen LogP contribution in [-0.4, -0.2) is 41.0 Å². The number of anilines is 2. The van der Waals surface area contributed by atoms with Crippen LogP contribution in [0.2, 0.25) is 5.02 Å². The first-order valence-corrected chi connectivity index (χ1v) is 15.1. The Labute approximate surface area is 248 Å². The molecule has 0 amide bonds. The van der Waals surface area contributed by atoms with E-state index in [0.717, 1.165) is 60.8 Å². The zero-order valence-corrected chi connectivity index (χ0v) is 24.4. The van der Waals surface area contributed by atoms with E-state index in [0.29, 0.717) is 5.02 Å². The third-order valence-electron chi connectivity index (χ3n) is 8.25. The second kappa shape index (κ2) is 12.9. The number of aromatic nitrogens is 2. The van der Waals surface area contributed by atoms with Crippen LogP contribution in [0.1, 0.15) is 48.7 Å². The van der Waals surface area contributed by atoms with Crippen molar-refractivity contribution in [1.29, 1.82) is 0 Å². The lowest BCUT2D eigenvalue weighted by Gasteiger charge is -2.37. The molecule has 0 bridgehead atoms. The van der Waals surface area contributed by atoms with Crippen LogP contribution >= 0.6 is 11.6 Å². The number of nitrogens with one attached hydrogen (secondary N) is 1. The van der Waals surface area contributed by atoms with Gasteiger partial charge in [0.25, 0.3) is 0 Å². The summed E-state index contributed by atoms with van der Waals surface area (Å²) in [5.74, 6) is 4.16. The molecule has 0 radical (unpaired) electrons. The van der Waals surface area contributed by atoms with Gasteiger partial charge in [-0.3, -0.25) is 4.90 Å². The second-order valence-corrected chi connectivity index (χ2v) is 11.7. The van der Waals surface area contributed by atoms with Crippen molar-refractivity contribution < 1.29 is 4.74 Å². The van der Waals surface area contributed by atoms with E-state index in [1.165, 1.54) is 43.5 Å². The zero-order valence-electron chi connectivity index (χ0n) is 23.7. The molecular formula is C34H38ClN5O. The standard InChI is InChI=1S/C34H38ClN5O/c1-25-36-23-32-33(38-29-10-6-12-31(22-29)41-30-11-5-9-28(35)21-30)16-20-40(34(32)37-25)19-15-26-13-17-39(18-14-26)24-27-7-3-2-4-8-27/h2-12,21-23,26,33,38H,13-20,24H2,1H3. The fraction of sp³-hybridized carbons (Fsp3) is 0.353. The Kier molecular flexibility index (Phi) is 8.68. The number of aryl methyl sites for hydroxylation is 1. The number of hydrogen-bond acceptors (Lipinski definition) is 6. The third kappa shape index (κ3) is 7.19. The van der Waals surface area contributed by atoms with Crippen molar-refractivity contribution in [2.24, 2.45) is 5.92 Å². The molecule has 1 N–H and O–H groups in total. The lowest BCUT2D eigenvalue weighted by molar-refractivity contribution is 0.173. The Bertz CT molecular complexity index is 1440. The molecule has 7 heteroatoms. The maximum Gasteiger partial charge on any atom is 0.137 e. The molecular weight excluding hydrogens is 530 g/mol. The van der Waals surface area contributed by atoms with Gasteiger partial charge < -0.3 is 15.0 Å². The molecule has 4 aromatic rings. The molecule has 0 saturated carbocycles. The van der Waals surface area contributed by atoms with Crippen LogP contribution in [-0.2, 0) is 6.54 Å². The number of fused-ring (bicyclic) bond motifs is 1. The van der Waals surface area contributed by atoms with Crippen molar-refractivity contribution in [2.75, 3.05) is 36.4 Å². The largest absolute Gasteiger partial charge is 0.457 e. The Hall–Kier alpha value is -3.61. The first-order chi connectivity index (χ1) is 20.1. The minimum absolute atomic E-state index is 0.143. The van der Waals surface area contributed by atoms with Gasteiger partial charge >= 0.3 is 0 Å². The molecule has 41 heavy (non-hydrogen) atoms. The number of likely N-dealkylation sites (tertiary alicyclic amines) is 1. The fourth-order valence-corrected chi connectivity index (χ4v) is 6.19. The van der Waals surface area contributed by atoms with Crippen LogP contribution < -0.4 is 15.0 Å². The van der Waals surface area contributed by atoms with Gasteiger partial charge in [-0.25, -0.2) is 9.97 Å². The highest BCUT2D eigenvalue weighted by molar-refractivity contribution is 6.30. The second-order valence-electron chi connectivity index (χ2n) is 11.2. The van der Waals surface area contributed by atoms with Gasteiger partial charge in [-0.1, -0.05) is 54.1 Å². The van der Waals surface area contributed by atoms with Gasteiger partial charge in [0.2, 0.25) is 0 Å². The van der Waals surface area contributed by atoms with Crippen LogP contribution in [0.5, 0.6) is 11.5 Å². The highest BCUT2D eigenvalue weighted by Gasteiger charge is 2.28. The molecule has 6 nitrogen and oxygen atoms in total. The van der Waals surface area contributed by atoms with Crippen LogP contribution in [0.3, 0.4) is 0 Å². The molecule has 0 aliphatic carbocycles. The van der Waals surface area contributed by atoms with Crippen LogP contribution in [0.4, 0.5) is 11.5 Å². The Morgan fingerprint density at radius 2 is 1.68 bits per heavy atom. The first-order valence-electron chi connectivity index (χ1n) is 14.7. The van der Waals surface area contributed by atoms with E-state index in [1.807, 2.05) is 55.6 Å². The summed E-state index contributed by atoms with van der Waals surface area (Å²) in [5.41, 5.74) is 3.59. The van der Waals surface area contributed by atoms with Crippen molar-refractivity contribution in [3.05, 3.63) is 107 Å². The van der Waals surface area contributed by atoms with Crippen LogP contribution in [0.25, 0.3) is 0 Å². The van der Waals surface area contributed by atoms with Gasteiger partial charge in [0.1, 0.15) is 23.1 Å². The summed E-state index contributed by atoms with van der Waals surface area (Å²) in [6, 6.07) is 26.5. The minimum Gasteiger partial charge on any atom is -0.457 e. The number of ether oxygens (including phenoxy) is 1. The van der Waals surface area contributed by atoms with Crippen LogP contribution in [0.15, 0.2) is 85.1 Å². The van der Waals surface area contributed by atoms with Gasteiger partial charge in [0.15, 0.2) is 0 Å². The lowest BCUT2D eigenvalue weighted by Crippen LogP contribution is -2.38. The lowest BCUT2D eigenvalue weighted by atomic mass is 9.92. The predicted molar refractivity (Wildman–Crippen MR) is 167 cm³/mol. The van der Waals surface area contributed by atoms with Crippen LogP contribution in [0, 0.1) is 12.8 Å². The normalized spacial score (nSPS) is 17.7. The molecule has 2 aliphatic heterocycles. The molecule has 3 aromatic carbocycles. The summed E-state index contributed by atoms with van der Waals surface area (Å²) in [4.78, 5) is 14.6. The van der Waals surface area contributed by atoms with Crippen molar-refractivity contribution in [1.82, 2.24) is 14.9 Å². The van der Waals surface area contributed by atoms with E-state index >= 15 is 0 Å². The Balaban J connectivity index is 1.06. The van der Waals surface area contributed by atoms with Gasteiger partial charge in [0.05, 0.1) is 6.04 Å². The number of hydrogen-bond donors (Lipinski definition) is 1. The molecule has 1 fully saturated rings. The number of nitrogens with zero attached hydrogens (tertiary/aromatic N) is 4. The molecule has 1 unspecified atom stereocenters. The smallest absolute Gasteiger partial charge is 0.137 e. The predicted octanol–water partition coefficient (Wildman–Crippen LogP) is 7.90. The summed E-state index contributed by atoms with van der Waals surface area (Å²) in [5, 5.41) is 4.38. The molecule has 0 spiro atoms.